The number of hydrogen-bond donors (Lipinski definition) is 2. The summed E-state index contributed by atoms with van der Waals surface area (Å²) in [6, 6.07) is 0.258. The SMILES string of the molecule is CC(NC(=O)C1CNC(=O)C1)C12CC3CC(CC(C3)C1)C2. The van der Waals surface area contributed by atoms with Gasteiger partial charge in [0.25, 0.3) is 0 Å². The molecule has 2 unspecified atom stereocenters. The van der Waals surface area contributed by atoms with Crippen LogP contribution in [-0.4, -0.2) is 24.4 Å². The van der Waals surface area contributed by atoms with Crippen molar-refractivity contribution in [2.24, 2.45) is 29.1 Å². The third-order valence-corrected chi connectivity index (χ3v) is 6.71. The average Bonchev–Trinajstić information content (AvgIpc) is 2.84. The smallest absolute Gasteiger partial charge is 0.225 e. The van der Waals surface area contributed by atoms with Crippen LogP contribution in [0, 0.1) is 29.1 Å². The quantitative estimate of drug-likeness (QED) is 0.833. The van der Waals surface area contributed by atoms with E-state index in [1.54, 1.807) is 0 Å². The number of rotatable bonds is 3. The molecule has 1 aliphatic heterocycles. The van der Waals surface area contributed by atoms with E-state index >= 15 is 0 Å². The van der Waals surface area contributed by atoms with Gasteiger partial charge in [0.15, 0.2) is 0 Å². The predicted octanol–water partition coefficient (Wildman–Crippen LogP) is 1.84. The summed E-state index contributed by atoms with van der Waals surface area (Å²) in [5.41, 5.74) is 0.348. The molecule has 4 saturated carbocycles. The lowest BCUT2D eigenvalue weighted by Gasteiger charge is -2.59. The van der Waals surface area contributed by atoms with E-state index in [-0.39, 0.29) is 23.8 Å². The molecule has 0 aromatic heterocycles. The van der Waals surface area contributed by atoms with Crippen LogP contribution >= 0.6 is 0 Å². The summed E-state index contributed by atoms with van der Waals surface area (Å²) in [5, 5.41) is 6.03. The van der Waals surface area contributed by atoms with Crippen LogP contribution in [0.25, 0.3) is 0 Å². The molecule has 1 saturated heterocycles. The van der Waals surface area contributed by atoms with E-state index in [1.165, 1.54) is 38.5 Å². The maximum atomic E-state index is 12.4. The highest BCUT2D eigenvalue weighted by Crippen LogP contribution is 2.61. The van der Waals surface area contributed by atoms with Gasteiger partial charge in [-0.05, 0) is 68.6 Å². The summed E-state index contributed by atoms with van der Waals surface area (Å²) in [5.74, 6) is 2.66. The summed E-state index contributed by atoms with van der Waals surface area (Å²) in [4.78, 5) is 23.7. The standard InChI is InChI=1S/C17H26N2O2/c1-10(19-16(21)14-5-15(20)18-9-14)17-6-11-2-12(7-17)4-13(3-11)8-17/h10-14H,2-9H2,1H3,(H,18,20)(H,19,21). The molecule has 4 heteroatoms. The number of amides is 2. The number of carbonyl (C=O) groups is 2. The fraction of sp³-hybridized carbons (Fsp3) is 0.882. The van der Waals surface area contributed by atoms with Crippen LogP contribution in [0.3, 0.4) is 0 Å². The van der Waals surface area contributed by atoms with Crippen molar-refractivity contribution in [3.05, 3.63) is 0 Å². The zero-order valence-corrected chi connectivity index (χ0v) is 12.9. The van der Waals surface area contributed by atoms with Gasteiger partial charge in [-0.25, -0.2) is 0 Å². The Labute approximate surface area is 126 Å². The Hall–Kier alpha value is -1.06. The summed E-state index contributed by atoms with van der Waals surface area (Å²) >= 11 is 0. The van der Waals surface area contributed by atoms with E-state index in [4.69, 9.17) is 0 Å². The second-order valence-corrected chi connectivity index (χ2v) is 8.22. The second-order valence-electron chi connectivity index (χ2n) is 8.22. The molecule has 0 aromatic carbocycles. The van der Waals surface area contributed by atoms with E-state index in [0.29, 0.717) is 18.4 Å². The predicted molar refractivity (Wildman–Crippen MR) is 79.3 cm³/mol. The Morgan fingerprint density at radius 2 is 1.76 bits per heavy atom. The van der Waals surface area contributed by atoms with Gasteiger partial charge in [0.1, 0.15) is 0 Å². The fourth-order valence-corrected chi connectivity index (χ4v) is 5.98. The molecule has 2 N–H and O–H groups in total. The van der Waals surface area contributed by atoms with Crippen LogP contribution in [0.1, 0.15) is 51.9 Å². The molecule has 1 heterocycles. The molecular weight excluding hydrogens is 264 g/mol. The van der Waals surface area contributed by atoms with Crippen molar-refractivity contribution in [3.63, 3.8) is 0 Å². The number of nitrogens with one attached hydrogen (secondary N) is 2. The van der Waals surface area contributed by atoms with Gasteiger partial charge < -0.3 is 10.6 Å². The van der Waals surface area contributed by atoms with Crippen molar-refractivity contribution in [2.45, 2.75) is 57.9 Å². The molecule has 2 atom stereocenters. The number of hydrogen-bond acceptors (Lipinski definition) is 2. The van der Waals surface area contributed by atoms with Gasteiger partial charge in [0.05, 0.1) is 5.92 Å². The third-order valence-electron chi connectivity index (χ3n) is 6.71. The van der Waals surface area contributed by atoms with Crippen LogP contribution in [0.2, 0.25) is 0 Å². The first kappa shape index (κ1) is 13.6. The van der Waals surface area contributed by atoms with Crippen molar-refractivity contribution in [3.8, 4) is 0 Å². The molecule has 0 aromatic rings. The first-order valence-electron chi connectivity index (χ1n) is 8.61. The molecule has 5 aliphatic rings. The van der Waals surface area contributed by atoms with Gasteiger partial charge >= 0.3 is 0 Å². The summed E-state index contributed by atoms with van der Waals surface area (Å²) < 4.78 is 0. The molecule has 4 aliphatic carbocycles. The second kappa shape index (κ2) is 4.72. The van der Waals surface area contributed by atoms with E-state index in [0.717, 1.165) is 17.8 Å². The normalized spacial score (nSPS) is 45.5. The first-order chi connectivity index (χ1) is 10.0. The average molecular weight is 290 g/mol. The monoisotopic (exact) mass is 290 g/mol. The zero-order chi connectivity index (χ0) is 14.6. The Balaban J connectivity index is 1.44. The van der Waals surface area contributed by atoms with Crippen molar-refractivity contribution in [1.82, 2.24) is 10.6 Å². The fourth-order valence-electron chi connectivity index (χ4n) is 5.98. The molecule has 4 bridgehead atoms. The van der Waals surface area contributed by atoms with Gasteiger partial charge in [0.2, 0.25) is 11.8 Å². The van der Waals surface area contributed by atoms with E-state index in [1.807, 2.05) is 0 Å². The molecule has 0 spiro atoms. The number of carbonyl (C=O) groups excluding carboxylic acids is 2. The first-order valence-corrected chi connectivity index (χ1v) is 8.61. The minimum absolute atomic E-state index is 0.0117. The van der Waals surface area contributed by atoms with E-state index < -0.39 is 0 Å². The minimum Gasteiger partial charge on any atom is -0.355 e. The van der Waals surface area contributed by atoms with Gasteiger partial charge in [-0.15, -0.1) is 0 Å². The lowest BCUT2D eigenvalue weighted by Crippen LogP contribution is -2.56. The molecule has 2 amide bonds. The molecule has 4 nitrogen and oxygen atoms in total. The summed E-state index contributed by atoms with van der Waals surface area (Å²) in [6.07, 6.45) is 8.58. The highest BCUT2D eigenvalue weighted by atomic mass is 16.2. The van der Waals surface area contributed by atoms with Crippen molar-refractivity contribution in [1.29, 1.82) is 0 Å². The van der Waals surface area contributed by atoms with E-state index in [9.17, 15) is 9.59 Å². The van der Waals surface area contributed by atoms with Gasteiger partial charge in [-0.2, -0.15) is 0 Å². The lowest BCUT2D eigenvalue weighted by atomic mass is 9.48. The Morgan fingerprint density at radius 1 is 1.19 bits per heavy atom. The van der Waals surface area contributed by atoms with Crippen LogP contribution in [0.4, 0.5) is 0 Å². The summed E-state index contributed by atoms with van der Waals surface area (Å²) in [7, 11) is 0. The van der Waals surface area contributed by atoms with E-state index in [2.05, 4.69) is 17.6 Å². The van der Waals surface area contributed by atoms with Gasteiger partial charge in [-0.1, -0.05) is 0 Å². The van der Waals surface area contributed by atoms with Crippen LogP contribution in [0.15, 0.2) is 0 Å². The van der Waals surface area contributed by atoms with Crippen molar-refractivity contribution >= 4 is 11.8 Å². The maximum Gasteiger partial charge on any atom is 0.225 e. The minimum atomic E-state index is -0.158. The Bertz CT molecular complexity index is 438. The summed E-state index contributed by atoms with van der Waals surface area (Å²) in [6.45, 7) is 2.72. The van der Waals surface area contributed by atoms with Crippen molar-refractivity contribution < 1.29 is 9.59 Å². The van der Waals surface area contributed by atoms with Crippen LogP contribution < -0.4 is 10.6 Å². The highest BCUT2D eigenvalue weighted by Gasteiger charge is 2.53. The van der Waals surface area contributed by atoms with Crippen molar-refractivity contribution in [2.75, 3.05) is 6.54 Å². The largest absolute Gasteiger partial charge is 0.355 e. The Morgan fingerprint density at radius 3 is 2.24 bits per heavy atom. The Kier molecular flexibility index (Phi) is 3.05. The zero-order valence-electron chi connectivity index (χ0n) is 12.9. The van der Waals surface area contributed by atoms with Gasteiger partial charge in [-0.3, -0.25) is 9.59 Å². The maximum absolute atomic E-state index is 12.4. The van der Waals surface area contributed by atoms with Crippen LogP contribution in [0.5, 0.6) is 0 Å². The molecular formula is C17H26N2O2. The lowest BCUT2D eigenvalue weighted by molar-refractivity contribution is -0.130. The van der Waals surface area contributed by atoms with Crippen LogP contribution in [-0.2, 0) is 9.59 Å². The molecule has 5 fully saturated rings. The molecule has 0 radical (unpaired) electrons. The van der Waals surface area contributed by atoms with Gasteiger partial charge in [0, 0.05) is 19.0 Å². The topological polar surface area (TPSA) is 58.2 Å². The molecule has 5 rings (SSSR count). The molecule has 116 valence electrons. The third kappa shape index (κ3) is 2.27. The highest BCUT2D eigenvalue weighted by molar-refractivity contribution is 5.89. The molecule has 21 heavy (non-hydrogen) atoms.